The molecule has 96 valence electrons. The van der Waals surface area contributed by atoms with E-state index in [2.05, 4.69) is 5.32 Å². The van der Waals surface area contributed by atoms with Crippen molar-refractivity contribution in [3.05, 3.63) is 40.7 Å². The Labute approximate surface area is 106 Å². The summed E-state index contributed by atoms with van der Waals surface area (Å²) in [6, 6.07) is 9.28. The second-order valence-electron chi connectivity index (χ2n) is 5.14. The van der Waals surface area contributed by atoms with E-state index in [1.54, 1.807) is 17.7 Å². The van der Waals surface area contributed by atoms with Gasteiger partial charge in [-0.3, -0.25) is 4.79 Å². The maximum Gasteiger partial charge on any atom is 0.252 e. The van der Waals surface area contributed by atoms with Crippen molar-refractivity contribution in [3.8, 4) is 0 Å². The molecule has 2 N–H and O–H groups in total. The molecule has 1 aromatic carbocycles. The molecule has 0 aliphatic heterocycles. The number of hydrogen-bond acceptors (Lipinski definition) is 3. The summed E-state index contributed by atoms with van der Waals surface area (Å²) in [6.45, 7) is 3.77. The van der Waals surface area contributed by atoms with E-state index in [1.807, 2.05) is 38.1 Å². The molecule has 1 heterocycles. The highest BCUT2D eigenvalue weighted by molar-refractivity contribution is 5.91. The maximum absolute atomic E-state index is 11.9. The smallest absolute Gasteiger partial charge is 0.252 e. The van der Waals surface area contributed by atoms with Crippen molar-refractivity contribution < 1.29 is 5.11 Å². The van der Waals surface area contributed by atoms with Crippen molar-refractivity contribution in [3.63, 3.8) is 0 Å². The van der Waals surface area contributed by atoms with Gasteiger partial charge in [-0.1, -0.05) is 18.2 Å². The molecule has 0 saturated carbocycles. The first-order chi connectivity index (χ1) is 8.44. The molecule has 4 heteroatoms. The second-order valence-corrected chi connectivity index (χ2v) is 5.14. The number of hydrogen-bond donors (Lipinski definition) is 2. The van der Waals surface area contributed by atoms with Gasteiger partial charge in [-0.2, -0.15) is 0 Å². The van der Waals surface area contributed by atoms with E-state index in [4.69, 9.17) is 0 Å². The first-order valence-electron chi connectivity index (χ1n) is 5.92. The van der Waals surface area contributed by atoms with Gasteiger partial charge in [0.05, 0.1) is 17.7 Å². The molecular weight excluding hydrogens is 228 g/mol. The molecule has 0 amide bonds. The van der Waals surface area contributed by atoms with Gasteiger partial charge in [0.15, 0.2) is 0 Å². The molecule has 18 heavy (non-hydrogen) atoms. The summed E-state index contributed by atoms with van der Waals surface area (Å²) in [5.74, 6) is 0. The summed E-state index contributed by atoms with van der Waals surface area (Å²) in [6.07, 6.45) is 0. The average Bonchev–Trinajstić information content (AvgIpc) is 2.35. The lowest BCUT2D eigenvalue weighted by atomic mass is 10.1. The van der Waals surface area contributed by atoms with Crippen molar-refractivity contribution in [1.29, 1.82) is 0 Å². The van der Waals surface area contributed by atoms with Crippen molar-refractivity contribution in [2.24, 2.45) is 7.05 Å². The molecule has 4 nitrogen and oxygen atoms in total. The SMILES string of the molecule is Cn1c(=O)cc(NC(C)(C)CO)c2ccccc21. The minimum Gasteiger partial charge on any atom is -0.394 e. The zero-order valence-corrected chi connectivity index (χ0v) is 10.9. The molecule has 0 aliphatic rings. The van der Waals surface area contributed by atoms with Crippen LogP contribution in [0.25, 0.3) is 10.9 Å². The van der Waals surface area contributed by atoms with Crippen molar-refractivity contribution >= 4 is 16.6 Å². The zero-order valence-electron chi connectivity index (χ0n) is 10.9. The van der Waals surface area contributed by atoms with Crippen molar-refractivity contribution in [2.75, 3.05) is 11.9 Å². The van der Waals surface area contributed by atoms with Gasteiger partial charge >= 0.3 is 0 Å². The third-order valence-electron chi connectivity index (χ3n) is 3.02. The van der Waals surface area contributed by atoms with Crippen LogP contribution in [-0.2, 0) is 7.05 Å². The second kappa shape index (κ2) is 4.46. The Balaban J connectivity index is 2.65. The van der Waals surface area contributed by atoms with E-state index < -0.39 is 5.54 Å². The molecule has 2 rings (SSSR count). The van der Waals surface area contributed by atoms with Crippen LogP contribution in [0.15, 0.2) is 35.1 Å². The predicted molar refractivity (Wildman–Crippen MR) is 74.0 cm³/mol. The van der Waals surface area contributed by atoms with Crippen LogP contribution in [0.1, 0.15) is 13.8 Å². The number of aliphatic hydroxyl groups excluding tert-OH is 1. The number of anilines is 1. The predicted octanol–water partition coefficient (Wildman–Crippen LogP) is 1.72. The molecule has 0 atom stereocenters. The average molecular weight is 246 g/mol. The summed E-state index contributed by atoms with van der Waals surface area (Å²) in [4.78, 5) is 11.9. The first-order valence-corrected chi connectivity index (χ1v) is 5.92. The van der Waals surface area contributed by atoms with Crippen LogP contribution in [-0.4, -0.2) is 21.8 Å². The van der Waals surface area contributed by atoms with E-state index >= 15 is 0 Å². The van der Waals surface area contributed by atoms with Crippen LogP contribution in [0.2, 0.25) is 0 Å². The van der Waals surface area contributed by atoms with Crippen LogP contribution < -0.4 is 10.9 Å². The molecule has 0 aliphatic carbocycles. The lowest BCUT2D eigenvalue weighted by molar-refractivity contribution is 0.234. The number of aryl methyl sites for hydroxylation is 1. The third kappa shape index (κ3) is 2.24. The van der Waals surface area contributed by atoms with Crippen LogP contribution in [0.3, 0.4) is 0 Å². The summed E-state index contributed by atoms with van der Waals surface area (Å²) in [5, 5.41) is 13.5. The molecule has 0 spiro atoms. The van der Waals surface area contributed by atoms with Crippen LogP contribution in [0, 0.1) is 0 Å². The summed E-state index contributed by atoms with van der Waals surface area (Å²) < 4.78 is 1.62. The first kappa shape index (κ1) is 12.6. The highest BCUT2D eigenvalue weighted by atomic mass is 16.3. The maximum atomic E-state index is 11.9. The van der Waals surface area contributed by atoms with Gasteiger partial charge in [0.2, 0.25) is 0 Å². The summed E-state index contributed by atoms with van der Waals surface area (Å²) >= 11 is 0. The fourth-order valence-electron chi connectivity index (χ4n) is 1.92. The number of benzene rings is 1. The van der Waals surface area contributed by atoms with Crippen molar-refractivity contribution in [2.45, 2.75) is 19.4 Å². The molecule has 0 bridgehead atoms. The largest absolute Gasteiger partial charge is 0.394 e. The van der Waals surface area contributed by atoms with Crippen molar-refractivity contribution in [1.82, 2.24) is 4.57 Å². The molecule has 0 saturated heterocycles. The monoisotopic (exact) mass is 246 g/mol. The Morgan fingerprint density at radius 3 is 2.67 bits per heavy atom. The highest BCUT2D eigenvalue weighted by Gasteiger charge is 2.17. The van der Waals surface area contributed by atoms with Crippen LogP contribution in [0.4, 0.5) is 5.69 Å². The number of aliphatic hydroxyl groups is 1. The summed E-state index contributed by atoms with van der Waals surface area (Å²) in [5.41, 5.74) is 1.11. The number of pyridine rings is 1. The van der Waals surface area contributed by atoms with Gasteiger partial charge in [0.1, 0.15) is 0 Å². The Morgan fingerprint density at radius 2 is 2.00 bits per heavy atom. The third-order valence-corrected chi connectivity index (χ3v) is 3.02. The Kier molecular flexibility index (Phi) is 3.13. The lowest BCUT2D eigenvalue weighted by Gasteiger charge is -2.26. The van der Waals surface area contributed by atoms with E-state index in [0.717, 1.165) is 16.6 Å². The number of fused-ring (bicyclic) bond motifs is 1. The molecule has 1 aromatic heterocycles. The normalized spacial score (nSPS) is 11.8. The highest BCUT2D eigenvalue weighted by Crippen LogP contribution is 2.23. The minimum atomic E-state index is -0.463. The fraction of sp³-hybridized carbons (Fsp3) is 0.357. The Bertz CT molecular complexity index is 629. The summed E-state index contributed by atoms with van der Waals surface area (Å²) in [7, 11) is 1.76. The Hall–Kier alpha value is -1.81. The van der Waals surface area contributed by atoms with Gasteiger partial charge in [-0.15, -0.1) is 0 Å². The molecule has 0 unspecified atom stereocenters. The fourth-order valence-corrected chi connectivity index (χ4v) is 1.92. The number of aromatic nitrogens is 1. The van der Waals surface area contributed by atoms with E-state index in [1.165, 1.54) is 0 Å². The topological polar surface area (TPSA) is 54.3 Å². The molecular formula is C14H18N2O2. The van der Waals surface area contributed by atoms with E-state index in [0.29, 0.717) is 0 Å². The molecule has 0 fully saturated rings. The van der Waals surface area contributed by atoms with E-state index in [9.17, 15) is 9.90 Å². The van der Waals surface area contributed by atoms with Gasteiger partial charge in [0, 0.05) is 24.2 Å². The number of rotatable bonds is 3. The van der Waals surface area contributed by atoms with Gasteiger partial charge in [-0.25, -0.2) is 0 Å². The van der Waals surface area contributed by atoms with Gasteiger partial charge in [0.25, 0.3) is 5.56 Å². The van der Waals surface area contributed by atoms with Crippen LogP contribution >= 0.6 is 0 Å². The molecule has 2 aromatic rings. The van der Waals surface area contributed by atoms with Crippen LogP contribution in [0.5, 0.6) is 0 Å². The van der Waals surface area contributed by atoms with E-state index in [-0.39, 0.29) is 12.2 Å². The zero-order chi connectivity index (χ0) is 13.3. The standard InChI is InChI=1S/C14H18N2O2/c1-14(2,9-17)15-11-8-13(18)16(3)12-7-5-4-6-10(11)12/h4-8,15,17H,9H2,1-3H3. The minimum absolute atomic E-state index is 0.00344. The number of nitrogens with one attached hydrogen (secondary N) is 1. The molecule has 0 radical (unpaired) electrons. The van der Waals surface area contributed by atoms with Gasteiger partial charge < -0.3 is 15.0 Å². The number of nitrogens with zero attached hydrogens (tertiary/aromatic N) is 1. The Morgan fingerprint density at radius 1 is 1.33 bits per heavy atom. The number of para-hydroxylation sites is 1. The van der Waals surface area contributed by atoms with Gasteiger partial charge in [-0.05, 0) is 19.9 Å². The quantitative estimate of drug-likeness (QED) is 0.867. The lowest BCUT2D eigenvalue weighted by Crippen LogP contribution is -2.35.